The Hall–Kier alpha value is -2.63. The van der Waals surface area contributed by atoms with Crippen LogP contribution in [0.15, 0.2) is 66.0 Å². The Bertz CT molecular complexity index is 981. The molecule has 0 spiro atoms. The predicted molar refractivity (Wildman–Crippen MR) is 125 cm³/mol. The van der Waals surface area contributed by atoms with Crippen LogP contribution < -0.4 is 4.90 Å². The molecule has 0 aliphatic carbocycles. The number of carbonyl (C=O) groups excluding carboxylic acids is 1. The first-order valence-corrected chi connectivity index (χ1v) is 11.3. The lowest BCUT2D eigenvalue weighted by molar-refractivity contribution is -0.132. The maximum Gasteiger partial charge on any atom is 0.236 e. The number of fused-ring (bicyclic) bond motifs is 1. The van der Waals surface area contributed by atoms with E-state index in [9.17, 15) is 4.79 Å². The minimum Gasteiger partial charge on any atom is -0.378 e. The van der Waals surface area contributed by atoms with Gasteiger partial charge < -0.3 is 9.80 Å². The van der Waals surface area contributed by atoms with Gasteiger partial charge in [0.25, 0.3) is 0 Å². The molecule has 0 saturated carbocycles. The molecule has 1 aliphatic rings. The number of carbonyl (C=O) groups is 1. The maximum atomic E-state index is 13.1. The number of rotatable bonds is 6. The van der Waals surface area contributed by atoms with Gasteiger partial charge in [-0.3, -0.25) is 9.69 Å². The molecule has 0 N–H and O–H groups in total. The number of hydrogen-bond donors (Lipinski definition) is 0. The van der Waals surface area contributed by atoms with E-state index in [1.807, 2.05) is 43.4 Å². The molecular formula is C25H29N3OS. The van der Waals surface area contributed by atoms with E-state index in [-0.39, 0.29) is 11.9 Å². The number of hydrogen-bond acceptors (Lipinski definition) is 4. The Labute approximate surface area is 183 Å². The highest BCUT2D eigenvalue weighted by Gasteiger charge is 2.31. The molecule has 4 nitrogen and oxygen atoms in total. The van der Waals surface area contributed by atoms with Gasteiger partial charge in [0.05, 0.1) is 12.6 Å². The summed E-state index contributed by atoms with van der Waals surface area (Å²) in [5.41, 5.74) is 4.92. The normalized spacial score (nSPS) is 16.2. The second-order valence-corrected chi connectivity index (χ2v) is 9.14. The molecule has 1 amide bonds. The summed E-state index contributed by atoms with van der Waals surface area (Å²) in [5, 5.41) is 2.18. The highest BCUT2D eigenvalue weighted by atomic mass is 32.1. The number of thiophene rings is 1. The van der Waals surface area contributed by atoms with E-state index < -0.39 is 0 Å². The smallest absolute Gasteiger partial charge is 0.236 e. The lowest BCUT2D eigenvalue weighted by atomic mass is 9.93. The second kappa shape index (κ2) is 9.02. The molecule has 3 aromatic rings. The monoisotopic (exact) mass is 419 g/mol. The molecule has 1 atom stereocenters. The van der Waals surface area contributed by atoms with E-state index in [4.69, 9.17) is 0 Å². The average molecular weight is 420 g/mol. The fourth-order valence-electron chi connectivity index (χ4n) is 4.12. The molecule has 2 heterocycles. The largest absolute Gasteiger partial charge is 0.378 e. The van der Waals surface area contributed by atoms with Crippen LogP contribution in [0.5, 0.6) is 0 Å². The van der Waals surface area contributed by atoms with Crippen LogP contribution in [0.2, 0.25) is 0 Å². The quantitative estimate of drug-likeness (QED) is 0.592. The number of nitrogens with zero attached hydrogens (tertiary/aromatic N) is 3. The summed E-state index contributed by atoms with van der Waals surface area (Å²) in [6, 6.07) is 21.3. The Kier molecular flexibility index (Phi) is 6.21. The van der Waals surface area contributed by atoms with Gasteiger partial charge in [0.2, 0.25) is 5.91 Å². The van der Waals surface area contributed by atoms with Crippen LogP contribution in [-0.2, 0) is 17.8 Å². The highest BCUT2D eigenvalue weighted by molar-refractivity contribution is 7.10. The zero-order chi connectivity index (χ0) is 21.1. The number of amides is 1. The Balaban J connectivity index is 1.47. The van der Waals surface area contributed by atoms with E-state index in [1.54, 1.807) is 0 Å². The number of benzene rings is 2. The third-order valence-corrected chi connectivity index (χ3v) is 6.81. The standard InChI is InChI=1S/C25H29N3OS/c1-26(2)21-11-9-19(10-12-21)17-27(3)24(29)18-28-15-13-23-22(14-16-30-23)25(28)20-7-5-4-6-8-20/h4-12,14,16,25H,13,15,17-18H2,1-3H3/t25-/m0/s1. The third kappa shape index (κ3) is 4.42. The van der Waals surface area contributed by atoms with E-state index in [0.717, 1.165) is 18.5 Å². The average Bonchev–Trinajstić information content (AvgIpc) is 3.23. The van der Waals surface area contributed by atoms with Crippen LogP contribution in [0.3, 0.4) is 0 Å². The molecule has 4 rings (SSSR count). The molecule has 5 heteroatoms. The molecule has 0 unspecified atom stereocenters. The summed E-state index contributed by atoms with van der Waals surface area (Å²) in [5.74, 6) is 0.159. The van der Waals surface area contributed by atoms with E-state index >= 15 is 0 Å². The van der Waals surface area contributed by atoms with Crippen LogP contribution in [0.25, 0.3) is 0 Å². The summed E-state index contributed by atoms with van der Waals surface area (Å²) in [7, 11) is 5.97. The summed E-state index contributed by atoms with van der Waals surface area (Å²) in [4.78, 5) is 20.8. The molecule has 30 heavy (non-hydrogen) atoms. The third-order valence-electron chi connectivity index (χ3n) is 5.82. The molecule has 0 bridgehead atoms. The van der Waals surface area contributed by atoms with Gasteiger partial charge in [0, 0.05) is 44.8 Å². The first-order chi connectivity index (χ1) is 14.5. The SMILES string of the molecule is CN(Cc1ccc(N(C)C)cc1)C(=O)CN1CCc2sccc2[C@@H]1c1ccccc1. The van der Waals surface area contributed by atoms with Crippen molar-refractivity contribution < 1.29 is 4.79 Å². The fourth-order valence-corrected chi connectivity index (χ4v) is 5.02. The van der Waals surface area contributed by atoms with Gasteiger partial charge in [-0.2, -0.15) is 0 Å². The fraction of sp³-hybridized carbons (Fsp3) is 0.320. The molecule has 0 radical (unpaired) electrons. The van der Waals surface area contributed by atoms with Crippen LogP contribution in [0, 0.1) is 0 Å². The van der Waals surface area contributed by atoms with Gasteiger partial charge >= 0.3 is 0 Å². The number of anilines is 1. The first-order valence-electron chi connectivity index (χ1n) is 10.4. The van der Waals surface area contributed by atoms with Crippen molar-refractivity contribution in [2.45, 2.75) is 19.0 Å². The Morgan fingerprint density at radius 3 is 2.47 bits per heavy atom. The van der Waals surface area contributed by atoms with Crippen molar-refractivity contribution in [2.24, 2.45) is 0 Å². The first kappa shape index (κ1) is 20.6. The minimum absolute atomic E-state index is 0.151. The summed E-state index contributed by atoms with van der Waals surface area (Å²) in [6.45, 7) is 1.96. The van der Waals surface area contributed by atoms with Crippen LogP contribution in [-0.4, -0.2) is 49.9 Å². The van der Waals surface area contributed by atoms with Gasteiger partial charge in [-0.15, -0.1) is 11.3 Å². The topological polar surface area (TPSA) is 26.8 Å². The van der Waals surface area contributed by atoms with Gasteiger partial charge in [0.15, 0.2) is 0 Å². The van der Waals surface area contributed by atoms with Crippen LogP contribution >= 0.6 is 11.3 Å². The van der Waals surface area contributed by atoms with E-state index in [2.05, 4.69) is 69.8 Å². The van der Waals surface area contributed by atoms with Crippen molar-refractivity contribution in [1.82, 2.24) is 9.80 Å². The maximum absolute atomic E-state index is 13.1. The number of likely N-dealkylation sites (N-methyl/N-ethyl adjacent to an activating group) is 1. The van der Waals surface area contributed by atoms with E-state index in [0.29, 0.717) is 13.1 Å². The molecule has 156 valence electrons. The molecule has 1 aliphatic heterocycles. The summed E-state index contributed by atoms with van der Waals surface area (Å²) >= 11 is 1.83. The van der Waals surface area contributed by atoms with Gasteiger partial charge in [-0.25, -0.2) is 0 Å². The summed E-state index contributed by atoms with van der Waals surface area (Å²) in [6.07, 6.45) is 1.01. The van der Waals surface area contributed by atoms with Crippen molar-refractivity contribution in [3.63, 3.8) is 0 Å². The molecule has 2 aromatic carbocycles. The molecular weight excluding hydrogens is 390 g/mol. The van der Waals surface area contributed by atoms with Gasteiger partial charge in [-0.1, -0.05) is 42.5 Å². The Morgan fingerprint density at radius 1 is 1.03 bits per heavy atom. The zero-order valence-electron chi connectivity index (χ0n) is 17.9. The van der Waals surface area contributed by atoms with Crippen molar-refractivity contribution >= 4 is 22.9 Å². The zero-order valence-corrected chi connectivity index (χ0v) is 18.7. The lowest BCUT2D eigenvalue weighted by Gasteiger charge is -2.36. The van der Waals surface area contributed by atoms with Crippen molar-refractivity contribution in [1.29, 1.82) is 0 Å². The van der Waals surface area contributed by atoms with Crippen molar-refractivity contribution in [3.8, 4) is 0 Å². The van der Waals surface area contributed by atoms with Crippen molar-refractivity contribution in [2.75, 3.05) is 39.1 Å². The van der Waals surface area contributed by atoms with E-state index in [1.165, 1.54) is 21.7 Å². The van der Waals surface area contributed by atoms with Crippen molar-refractivity contribution in [3.05, 3.63) is 87.6 Å². The lowest BCUT2D eigenvalue weighted by Crippen LogP contribution is -2.43. The molecule has 0 fully saturated rings. The predicted octanol–water partition coefficient (Wildman–Crippen LogP) is 4.42. The van der Waals surface area contributed by atoms with Gasteiger partial charge in [-0.05, 0) is 46.7 Å². The minimum atomic E-state index is 0.151. The molecule has 0 saturated heterocycles. The highest BCUT2D eigenvalue weighted by Crippen LogP contribution is 2.37. The van der Waals surface area contributed by atoms with Crippen LogP contribution in [0.4, 0.5) is 5.69 Å². The van der Waals surface area contributed by atoms with Gasteiger partial charge in [0.1, 0.15) is 0 Å². The second-order valence-electron chi connectivity index (χ2n) is 8.14. The molecule has 1 aromatic heterocycles. The summed E-state index contributed by atoms with van der Waals surface area (Å²) < 4.78 is 0. The van der Waals surface area contributed by atoms with Crippen LogP contribution in [0.1, 0.15) is 27.6 Å². The Morgan fingerprint density at radius 2 is 1.77 bits per heavy atom.